The molecule has 164 valence electrons. The molecular formula is C25H26N4O3. The van der Waals surface area contributed by atoms with E-state index in [4.69, 9.17) is 14.5 Å². The van der Waals surface area contributed by atoms with Gasteiger partial charge in [0.25, 0.3) is 5.91 Å². The molecule has 0 atom stereocenters. The van der Waals surface area contributed by atoms with Gasteiger partial charge in [0.05, 0.1) is 12.8 Å². The topological polar surface area (TPSA) is 78.3 Å². The average Bonchev–Trinajstić information content (AvgIpc) is 3.14. The number of methoxy groups -OCH3 is 1. The zero-order valence-electron chi connectivity index (χ0n) is 18.9. The smallest absolute Gasteiger partial charge is 0.263 e. The number of ether oxygens (including phenoxy) is 2. The van der Waals surface area contributed by atoms with E-state index in [0.717, 1.165) is 27.7 Å². The Balaban J connectivity index is 1.59. The molecule has 0 fully saturated rings. The van der Waals surface area contributed by atoms with Crippen molar-refractivity contribution in [2.75, 3.05) is 19.0 Å². The first-order valence-corrected chi connectivity index (χ1v) is 10.4. The predicted octanol–water partition coefficient (Wildman–Crippen LogP) is 4.68. The maximum atomic E-state index is 12.6. The molecule has 2 aromatic carbocycles. The highest BCUT2D eigenvalue weighted by Gasteiger charge is 2.15. The van der Waals surface area contributed by atoms with E-state index < -0.39 is 0 Å². The molecule has 0 aliphatic heterocycles. The molecule has 32 heavy (non-hydrogen) atoms. The minimum absolute atomic E-state index is 0.106. The van der Waals surface area contributed by atoms with Crippen molar-refractivity contribution in [3.05, 3.63) is 70.9 Å². The Bertz CT molecular complexity index is 1310. The van der Waals surface area contributed by atoms with Gasteiger partial charge in [-0.1, -0.05) is 18.2 Å². The number of nitrogens with zero attached hydrogens (tertiary/aromatic N) is 3. The number of carbonyl (C=O) groups excluding carboxylic acids is 1. The summed E-state index contributed by atoms with van der Waals surface area (Å²) in [4.78, 5) is 17.4. The molecule has 0 spiro atoms. The van der Waals surface area contributed by atoms with E-state index in [-0.39, 0.29) is 12.5 Å². The van der Waals surface area contributed by atoms with Crippen molar-refractivity contribution >= 4 is 22.6 Å². The predicted molar refractivity (Wildman–Crippen MR) is 125 cm³/mol. The Morgan fingerprint density at radius 1 is 1.00 bits per heavy atom. The quantitative estimate of drug-likeness (QED) is 0.481. The fraction of sp³-hybridized carbons (Fsp3) is 0.240. The number of pyridine rings is 1. The highest BCUT2D eigenvalue weighted by Crippen LogP contribution is 2.28. The highest BCUT2D eigenvalue weighted by molar-refractivity contribution is 5.92. The number of amides is 1. The highest BCUT2D eigenvalue weighted by atomic mass is 16.5. The molecule has 1 N–H and O–H groups in total. The Kier molecular flexibility index (Phi) is 5.81. The standard InChI is InChI=1S/C25H26N4O3/c1-15-9-10-19(11-16(15)2)32-14-24(30)26-23-13-18(4)28-29(23)22-12-17(3)20-7-6-8-21(31-5)25(20)27-22/h6-13H,14H2,1-5H3,(H,26,30). The second kappa shape index (κ2) is 8.70. The van der Waals surface area contributed by atoms with Gasteiger partial charge in [-0.05, 0) is 68.7 Å². The van der Waals surface area contributed by atoms with Crippen LogP contribution in [0.3, 0.4) is 0 Å². The van der Waals surface area contributed by atoms with E-state index in [9.17, 15) is 4.79 Å². The molecule has 0 unspecified atom stereocenters. The van der Waals surface area contributed by atoms with Crippen LogP contribution in [0.2, 0.25) is 0 Å². The summed E-state index contributed by atoms with van der Waals surface area (Å²) in [6.07, 6.45) is 0. The van der Waals surface area contributed by atoms with Gasteiger partial charge in [-0.2, -0.15) is 9.78 Å². The molecule has 0 aliphatic rings. The van der Waals surface area contributed by atoms with Crippen molar-refractivity contribution in [1.82, 2.24) is 14.8 Å². The molecule has 0 bridgehead atoms. The van der Waals surface area contributed by atoms with E-state index >= 15 is 0 Å². The summed E-state index contributed by atoms with van der Waals surface area (Å²) in [7, 11) is 1.62. The molecule has 2 aromatic heterocycles. The summed E-state index contributed by atoms with van der Waals surface area (Å²) >= 11 is 0. The normalized spacial score (nSPS) is 10.9. The first-order valence-electron chi connectivity index (χ1n) is 10.4. The second-order valence-corrected chi connectivity index (χ2v) is 7.82. The van der Waals surface area contributed by atoms with Gasteiger partial charge >= 0.3 is 0 Å². The van der Waals surface area contributed by atoms with E-state index in [0.29, 0.717) is 23.1 Å². The van der Waals surface area contributed by atoms with Crippen LogP contribution in [0.1, 0.15) is 22.4 Å². The maximum absolute atomic E-state index is 12.6. The van der Waals surface area contributed by atoms with Crippen molar-refractivity contribution in [1.29, 1.82) is 0 Å². The molecule has 0 saturated heterocycles. The number of aromatic nitrogens is 3. The van der Waals surface area contributed by atoms with Crippen molar-refractivity contribution in [3.63, 3.8) is 0 Å². The number of aryl methyl sites for hydroxylation is 4. The van der Waals surface area contributed by atoms with Crippen molar-refractivity contribution in [2.24, 2.45) is 0 Å². The monoisotopic (exact) mass is 430 g/mol. The van der Waals surface area contributed by atoms with Crippen LogP contribution < -0.4 is 14.8 Å². The first kappa shape index (κ1) is 21.4. The van der Waals surface area contributed by atoms with Gasteiger partial charge in [0.1, 0.15) is 22.8 Å². The first-order chi connectivity index (χ1) is 15.4. The van der Waals surface area contributed by atoms with Crippen LogP contribution in [-0.2, 0) is 4.79 Å². The van der Waals surface area contributed by atoms with Crippen LogP contribution in [-0.4, -0.2) is 34.4 Å². The van der Waals surface area contributed by atoms with E-state index in [1.54, 1.807) is 17.9 Å². The number of para-hydroxylation sites is 1. The Morgan fingerprint density at radius 3 is 2.56 bits per heavy atom. The Hall–Kier alpha value is -3.87. The summed E-state index contributed by atoms with van der Waals surface area (Å²) in [6.45, 7) is 7.82. The van der Waals surface area contributed by atoms with Crippen LogP contribution in [0.4, 0.5) is 5.82 Å². The molecule has 2 heterocycles. The summed E-state index contributed by atoms with van der Waals surface area (Å²) < 4.78 is 12.8. The SMILES string of the molecule is COc1cccc2c(C)cc(-n3nc(C)cc3NC(=O)COc3ccc(C)c(C)c3)nc12. The molecule has 0 saturated carbocycles. The van der Waals surface area contributed by atoms with Crippen molar-refractivity contribution < 1.29 is 14.3 Å². The lowest BCUT2D eigenvalue weighted by atomic mass is 10.1. The molecule has 0 aliphatic carbocycles. The molecule has 0 radical (unpaired) electrons. The van der Waals surface area contributed by atoms with Crippen LogP contribution in [0, 0.1) is 27.7 Å². The van der Waals surface area contributed by atoms with E-state index in [2.05, 4.69) is 10.4 Å². The van der Waals surface area contributed by atoms with Gasteiger partial charge in [-0.15, -0.1) is 0 Å². The van der Waals surface area contributed by atoms with Gasteiger partial charge in [0.2, 0.25) is 0 Å². The summed E-state index contributed by atoms with van der Waals surface area (Å²) in [5.74, 6) is 2.19. The van der Waals surface area contributed by atoms with Crippen LogP contribution in [0.15, 0.2) is 48.5 Å². The van der Waals surface area contributed by atoms with Gasteiger partial charge in [-0.25, -0.2) is 4.98 Å². The number of fused-ring (bicyclic) bond motifs is 1. The zero-order valence-corrected chi connectivity index (χ0v) is 18.9. The molecule has 4 aromatic rings. The molecule has 7 nitrogen and oxygen atoms in total. The molecule has 4 rings (SSSR count). The third-order valence-corrected chi connectivity index (χ3v) is 5.38. The number of rotatable bonds is 6. The largest absolute Gasteiger partial charge is 0.494 e. The lowest BCUT2D eigenvalue weighted by Gasteiger charge is -2.13. The van der Waals surface area contributed by atoms with Gasteiger partial charge < -0.3 is 14.8 Å². The average molecular weight is 431 g/mol. The Labute approximate surface area is 187 Å². The van der Waals surface area contributed by atoms with E-state index in [1.807, 2.05) is 70.2 Å². The minimum atomic E-state index is -0.278. The van der Waals surface area contributed by atoms with Crippen LogP contribution >= 0.6 is 0 Å². The van der Waals surface area contributed by atoms with Gasteiger partial charge in [0.15, 0.2) is 12.4 Å². The van der Waals surface area contributed by atoms with Crippen molar-refractivity contribution in [2.45, 2.75) is 27.7 Å². The zero-order chi connectivity index (χ0) is 22.8. The van der Waals surface area contributed by atoms with Gasteiger partial charge in [0, 0.05) is 11.5 Å². The molecule has 1 amide bonds. The summed E-state index contributed by atoms with van der Waals surface area (Å²) in [5.41, 5.74) is 4.83. The van der Waals surface area contributed by atoms with Gasteiger partial charge in [-0.3, -0.25) is 4.79 Å². The number of anilines is 1. The summed E-state index contributed by atoms with van der Waals surface area (Å²) in [6, 6.07) is 15.3. The van der Waals surface area contributed by atoms with Crippen LogP contribution in [0.5, 0.6) is 11.5 Å². The van der Waals surface area contributed by atoms with E-state index in [1.165, 1.54) is 5.56 Å². The number of nitrogens with one attached hydrogen (secondary N) is 1. The number of carbonyl (C=O) groups is 1. The fourth-order valence-electron chi connectivity index (χ4n) is 3.54. The third kappa shape index (κ3) is 4.27. The number of hydrogen-bond donors (Lipinski definition) is 1. The lowest BCUT2D eigenvalue weighted by Crippen LogP contribution is -2.22. The lowest BCUT2D eigenvalue weighted by molar-refractivity contribution is -0.118. The van der Waals surface area contributed by atoms with Crippen LogP contribution in [0.25, 0.3) is 16.7 Å². The molecule has 7 heteroatoms. The number of benzene rings is 2. The van der Waals surface area contributed by atoms with Crippen molar-refractivity contribution in [3.8, 4) is 17.3 Å². The minimum Gasteiger partial charge on any atom is -0.494 e. The summed E-state index contributed by atoms with van der Waals surface area (Å²) in [5, 5.41) is 8.43. The second-order valence-electron chi connectivity index (χ2n) is 7.82. The number of hydrogen-bond acceptors (Lipinski definition) is 5. The Morgan fingerprint density at radius 2 is 1.81 bits per heavy atom. The fourth-order valence-corrected chi connectivity index (χ4v) is 3.54. The third-order valence-electron chi connectivity index (χ3n) is 5.38. The molecular weight excluding hydrogens is 404 g/mol. The maximum Gasteiger partial charge on any atom is 0.263 e.